The minimum Gasteiger partial charge on any atom is -0.496 e. The predicted octanol–water partition coefficient (Wildman–Crippen LogP) is 3.84. The van der Waals surface area contributed by atoms with E-state index in [4.69, 9.17) is 4.74 Å². The van der Waals surface area contributed by atoms with Gasteiger partial charge in [-0.15, -0.1) is 0 Å². The standard InChI is InChI=1S/C15H12BrFN2O/c1-20-14-3-2-12(17)6-10(14)7-13-9-19-5-4-11(16)8-15(19)18-13/h2-6,8-9H,7H2,1H3. The summed E-state index contributed by atoms with van der Waals surface area (Å²) >= 11 is 3.42. The van der Waals surface area contributed by atoms with Gasteiger partial charge < -0.3 is 9.14 Å². The first-order valence-corrected chi connectivity index (χ1v) is 6.90. The molecule has 2 aromatic heterocycles. The van der Waals surface area contributed by atoms with Crippen molar-refractivity contribution in [1.29, 1.82) is 0 Å². The highest BCUT2D eigenvalue weighted by molar-refractivity contribution is 9.10. The number of rotatable bonds is 3. The van der Waals surface area contributed by atoms with Crippen molar-refractivity contribution in [2.24, 2.45) is 0 Å². The molecule has 20 heavy (non-hydrogen) atoms. The zero-order chi connectivity index (χ0) is 14.1. The summed E-state index contributed by atoms with van der Waals surface area (Å²) in [6.45, 7) is 0. The Morgan fingerprint density at radius 2 is 2.15 bits per heavy atom. The summed E-state index contributed by atoms with van der Waals surface area (Å²) < 4.78 is 21.5. The maximum atomic E-state index is 13.4. The molecule has 0 aliphatic carbocycles. The van der Waals surface area contributed by atoms with Crippen LogP contribution in [0.25, 0.3) is 5.65 Å². The van der Waals surface area contributed by atoms with E-state index in [1.165, 1.54) is 12.1 Å². The molecule has 0 saturated carbocycles. The summed E-state index contributed by atoms with van der Waals surface area (Å²) in [4.78, 5) is 4.53. The molecule has 5 heteroatoms. The normalized spacial score (nSPS) is 10.9. The van der Waals surface area contributed by atoms with E-state index in [-0.39, 0.29) is 5.82 Å². The highest BCUT2D eigenvalue weighted by atomic mass is 79.9. The molecule has 1 aromatic carbocycles. The van der Waals surface area contributed by atoms with Crippen LogP contribution in [0.4, 0.5) is 4.39 Å². The van der Waals surface area contributed by atoms with E-state index in [0.29, 0.717) is 12.2 Å². The van der Waals surface area contributed by atoms with Gasteiger partial charge in [0.2, 0.25) is 0 Å². The second kappa shape index (κ2) is 5.25. The van der Waals surface area contributed by atoms with Crippen LogP contribution in [0.2, 0.25) is 0 Å². The number of halogens is 2. The van der Waals surface area contributed by atoms with Crippen LogP contribution in [0.15, 0.2) is 47.2 Å². The lowest BCUT2D eigenvalue weighted by atomic mass is 10.1. The molecule has 2 heterocycles. The van der Waals surface area contributed by atoms with Gasteiger partial charge in [0.15, 0.2) is 0 Å². The van der Waals surface area contributed by atoms with Gasteiger partial charge in [0.25, 0.3) is 0 Å². The molecule has 0 N–H and O–H groups in total. The van der Waals surface area contributed by atoms with Crippen LogP contribution in [0, 0.1) is 5.82 Å². The molecule has 102 valence electrons. The van der Waals surface area contributed by atoms with E-state index < -0.39 is 0 Å². The van der Waals surface area contributed by atoms with Crippen molar-refractivity contribution in [3.8, 4) is 5.75 Å². The number of aromatic nitrogens is 2. The third-order valence-electron chi connectivity index (χ3n) is 3.09. The summed E-state index contributed by atoms with van der Waals surface area (Å²) in [6.07, 6.45) is 4.39. The first-order valence-electron chi connectivity index (χ1n) is 6.11. The second-order valence-electron chi connectivity index (χ2n) is 4.48. The van der Waals surface area contributed by atoms with Crippen LogP contribution in [-0.4, -0.2) is 16.5 Å². The number of fused-ring (bicyclic) bond motifs is 1. The fourth-order valence-corrected chi connectivity index (χ4v) is 2.50. The molecular formula is C15H12BrFN2O. The number of methoxy groups -OCH3 is 1. The van der Waals surface area contributed by atoms with Crippen LogP contribution in [0.5, 0.6) is 5.75 Å². The van der Waals surface area contributed by atoms with E-state index in [1.54, 1.807) is 13.2 Å². The van der Waals surface area contributed by atoms with Crippen LogP contribution in [0.3, 0.4) is 0 Å². The number of nitrogens with zero attached hydrogens (tertiary/aromatic N) is 2. The van der Waals surface area contributed by atoms with E-state index in [2.05, 4.69) is 20.9 Å². The Bertz CT molecular complexity index is 770. The molecule has 0 fully saturated rings. The first kappa shape index (κ1) is 13.1. The lowest BCUT2D eigenvalue weighted by molar-refractivity contribution is 0.409. The Balaban J connectivity index is 1.98. The van der Waals surface area contributed by atoms with Gasteiger partial charge in [-0.05, 0) is 30.3 Å². The molecule has 0 radical (unpaired) electrons. The Kier molecular flexibility index (Phi) is 3.44. The van der Waals surface area contributed by atoms with Crippen molar-refractivity contribution in [3.05, 3.63) is 64.3 Å². The molecule has 0 bridgehead atoms. The monoisotopic (exact) mass is 334 g/mol. The Morgan fingerprint density at radius 1 is 1.30 bits per heavy atom. The van der Waals surface area contributed by atoms with E-state index in [0.717, 1.165) is 21.4 Å². The van der Waals surface area contributed by atoms with Gasteiger partial charge in [-0.3, -0.25) is 0 Å². The molecular weight excluding hydrogens is 323 g/mol. The molecule has 0 unspecified atom stereocenters. The van der Waals surface area contributed by atoms with Crippen molar-refractivity contribution in [2.45, 2.75) is 6.42 Å². The van der Waals surface area contributed by atoms with Gasteiger partial charge >= 0.3 is 0 Å². The van der Waals surface area contributed by atoms with Crippen molar-refractivity contribution in [1.82, 2.24) is 9.38 Å². The molecule has 0 aliphatic rings. The number of ether oxygens (including phenoxy) is 1. The summed E-state index contributed by atoms with van der Waals surface area (Å²) in [7, 11) is 1.58. The van der Waals surface area contributed by atoms with Crippen LogP contribution in [-0.2, 0) is 6.42 Å². The van der Waals surface area contributed by atoms with Gasteiger partial charge in [-0.25, -0.2) is 9.37 Å². The lowest BCUT2D eigenvalue weighted by Crippen LogP contribution is -1.95. The molecule has 0 spiro atoms. The average Bonchev–Trinajstić information content (AvgIpc) is 2.80. The van der Waals surface area contributed by atoms with Crippen LogP contribution >= 0.6 is 15.9 Å². The average molecular weight is 335 g/mol. The maximum absolute atomic E-state index is 13.4. The van der Waals surface area contributed by atoms with Crippen molar-refractivity contribution < 1.29 is 9.13 Å². The Labute approximate surface area is 124 Å². The number of imidazole rings is 1. The summed E-state index contributed by atoms with van der Waals surface area (Å²) in [5.41, 5.74) is 2.51. The van der Waals surface area contributed by atoms with Crippen LogP contribution < -0.4 is 4.74 Å². The SMILES string of the molecule is COc1ccc(F)cc1Cc1cn2ccc(Br)cc2n1. The van der Waals surface area contributed by atoms with Gasteiger partial charge in [0.1, 0.15) is 17.2 Å². The maximum Gasteiger partial charge on any atom is 0.138 e. The zero-order valence-electron chi connectivity index (χ0n) is 10.8. The number of hydrogen-bond donors (Lipinski definition) is 0. The minimum absolute atomic E-state index is 0.271. The topological polar surface area (TPSA) is 26.5 Å². The fourth-order valence-electron chi connectivity index (χ4n) is 2.18. The molecule has 0 amide bonds. The van der Waals surface area contributed by atoms with Gasteiger partial charge in [0.05, 0.1) is 12.8 Å². The first-order chi connectivity index (χ1) is 9.65. The minimum atomic E-state index is -0.271. The smallest absolute Gasteiger partial charge is 0.138 e. The lowest BCUT2D eigenvalue weighted by Gasteiger charge is -2.06. The van der Waals surface area contributed by atoms with E-state index >= 15 is 0 Å². The predicted molar refractivity (Wildman–Crippen MR) is 78.7 cm³/mol. The zero-order valence-corrected chi connectivity index (χ0v) is 12.4. The highest BCUT2D eigenvalue weighted by Crippen LogP contribution is 2.23. The third kappa shape index (κ3) is 2.54. The molecule has 0 aliphatic heterocycles. The number of hydrogen-bond acceptors (Lipinski definition) is 2. The largest absolute Gasteiger partial charge is 0.496 e. The fraction of sp³-hybridized carbons (Fsp3) is 0.133. The van der Waals surface area contributed by atoms with Crippen molar-refractivity contribution in [2.75, 3.05) is 7.11 Å². The van der Waals surface area contributed by atoms with Gasteiger partial charge in [0, 0.05) is 28.9 Å². The van der Waals surface area contributed by atoms with Crippen molar-refractivity contribution >= 4 is 21.6 Å². The molecule has 0 atom stereocenters. The quantitative estimate of drug-likeness (QED) is 0.727. The Hall–Kier alpha value is -1.88. The number of benzene rings is 1. The Morgan fingerprint density at radius 3 is 2.95 bits per heavy atom. The summed E-state index contributed by atoms with van der Waals surface area (Å²) in [5, 5.41) is 0. The van der Waals surface area contributed by atoms with Gasteiger partial charge in [-0.2, -0.15) is 0 Å². The summed E-state index contributed by atoms with van der Waals surface area (Å²) in [5.74, 6) is 0.400. The van der Waals surface area contributed by atoms with Crippen molar-refractivity contribution in [3.63, 3.8) is 0 Å². The molecule has 3 aromatic rings. The van der Waals surface area contributed by atoms with E-state index in [9.17, 15) is 4.39 Å². The van der Waals surface area contributed by atoms with Crippen LogP contribution in [0.1, 0.15) is 11.3 Å². The second-order valence-corrected chi connectivity index (χ2v) is 5.39. The third-order valence-corrected chi connectivity index (χ3v) is 3.58. The molecule has 0 saturated heterocycles. The summed E-state index contributed by atoms with van der Waals surface area (Å²) in [6, 6.07) is 8.40. The number of pyridine rings is 1. The molecule has 3 rings (SSSR count). The van der Waals surface area contributed by atoms with E-state index in [1.807, 2.05) is 28.9 Å². The molecule has 3 nitrogen and oxygen atoms in total. The highest BCUT2D eigenvalue weighted by Gasteiger charge is 2.09. The van der Waals surface area contributed by atoms with Gasteiger partial charge in [-0.1, -0.05) is 15.9 Å².